The van der Waals surface area contributed by atoms with E-state index in [0.717, 1.165) is 20.6 Å². The molecule has 0 saturated carbocycles. The third-order valence-electron chi connectivity index (χ3n) is 5.65. The topological polar surface area (TPSA) is 78.5 Å². The Kier molecular flexibility index (Phi) is 4.66. The summed E-state index contributed by atoms with van der Waals surface area (Å²) in [6, 6.07) is 16.8. The smallest absolute Gasteiger partial charge is 0.325 e. The molecule has 1 saturated heterocycles. The Balaban J connectivity index is 1.37. The van der Waals surface area contributed by atoms with Gasteiger partial charge < -0.3 is 10.6 Å². The molecular formula is C23H18FN3O3S. The van der Waals surface area contributed by atoms with Crippen LogP contribution in [0.4, 0.5) is 14.9 Å². The van der Waals surface area contributed by atoms with Crippen molar-refractivity contribution < 1.29 is 18.8 Å². The summed E-state index contributed by atoms with van der Waals surface area (Å²) in [4.78, 5) is 40.2. The van der Waals surface area contributed by atoms with Gasteiger partial charge in [-0.25, -0.2) is 9.18 Å². The number of nitrogens with zero attached hydrogens (tertiary/aromatic N) is 1. The van der Waals surface area contributed by atoms with Gasteiger partial charge in [0.25, 0.3) is 5.91 Å². The van der Waals surface area contributed by atoms with E-state index in [4.69, 9.17) is 0 Å². The van der Waals surface area contributed by atoms with E-state index < -0.39 is 35.7 Å². The van der Waals surface area contributed by atoms with E-state index in [1.165, 1.54) is 23.9 Å². The van der Waals surface area contributed by atoms with E-state index in [-0.39, 0.29) is 0 Å². The Hall–Kier alpha value is -3.39. The second kappa shape index (κ2) is 7.39. The Morgan fingerprint density at radius 3 is 2.74 bits per heavy atom. The quantitative estimate of drug-likeness (QED) is 0.613. The summed E-state index contributed by atoms with van der Waals surface area (Å²) in [5, 5.41) is 7.47. The van der Waals surface area contributed by atoms with Crippen molar-refractivity contribution >= 4 is 46.1 Å². The average Bonchev–Trinajstić information content (AvgIpc) is 2.99. The fourth-order valence-electron chi connectivity index (χ4n) is 4.14. The van der Waals surface area contributed by atoms with Crippen molar-refractivity contribution in [3.63, 3.8) is 0 Å². The normalized spacial score (nSPS) is 20.1. The fourth-order valence-corrected chi connectivity index (χ4v) is 5.32. The lowest BCUT2D eigenvalue weighted by molar-refractivity contribution is -0.134. The van der Waals surface area contributed by atoms with Crippen molar-refractivity contribution in [2.24, 2.45) is 0 Å². The molecule has 31 heavy (non-hydrogen) atoms. The van der Waals surface area contributed by atoms with Gasteiger partial charge in [0.15, 0.2) is 0 Å². The van der Waals surface area contributed by atoms with Gasteiger partial charge >= 0.3 is 6.03 Å². The Morgan fingerprint density at radius 2 is 1.90 bits per heavy atom. The minimum atomic E-state index is -1.33. The van der Waals surface area contributed by atoms with Crippen LogP contribution in [0.5, 0.6) is 0 Å². The van der Waals surface area contributed by atoms with Gasteiger partial charge in [0.1, 0.15) is 17.9 Å². The number of imide groups is 1. The summed E-state index contributed by atoms with van der Waals surface area (Å²) >= 11 is 1.51. The zero-order chi connectivity index (χ0) is 21.6. The van der Waals surface area contributed by atoms with Crippen molar-refractivity contribution in [2.75, 3.05) is 17.6 Å². The summed E-state index contributed by atoms with van der Waals surface area (Å²) < 4.78 is 13.9. The standard InChI is InChI=1S/C23H18FN3O3S/c24-16-6-8-19-18(12-16)23(9-10-31-19)21(29)27(22(30)26-23)13-20(28)25-17-7-5-14-3-1-2-4-15(14)11-17/h1-8,11-12H,9-10,13H2,(H,25,28)(H,26,30)/t23-/m1/s1. The van der Waals surface area contributed by atoms with Crippen molar-refractivity contribution in [3.05, 3.63) is 72.0 Å². The number of thioether (sulfide) groups is 1. The molecule has 2 aliphatic rings. The van der Waals surface area contributed by atoms with Crippen molar-refractivity contribution in [1.29, 1.82) is 0 Å². The van der Waals surface area contributed by atoms with Crippen LogP contribution in [-0.2, 0) is 15.1 Å². The van der Waals surface area contributed by atoms with Gasteiger partial charge in [0.2, 0.25) is 5.91 Å². The van der Waals surface area contributed by atoms with Crippen molar-refractivity contribution in [3.8, 4) is 0 Å². The molecule has 0 unspecified atom stereocenters. The predicted molar refractivity (Wildman–Crippen MR) is 116 cm³/mol. The molecule has 2 aliphatic heterocycles. The van der Waals surface area contributed by atoms with Crippen LogP contribution in [0.3, 0.4) is 0 Å². The van der Waals surface area contributed by atoms with E-state index >= 15 is 0 Å². The number of amides is 4. The van der Waals surface area contributed by atoms with Gasteiger partial charge in [-0.2, -0.15) is 0 Å². The summed E-state index contributed by atoms with van der Waals surface area (Å²) in [5.41, 5.74) is -0.310. The number of halogens is 1. The summed E-state index contributed by atoms with van der Waals surface area (Å²) in [7, 11) is 0. The number of fused-ring (bicyclic) bond motifs is 3. The number of carbonyl (C=O) groups excluding carboxylic acids is 3. The lowest BCUT2D eigenvalue weighted by Crippen LogP contribution is -2.47. The van der Waals surface area contributed by atoms with Crippen LogP contribution in [0.2, 0.25) is 0 Å². The maximum Gasteiger partial charge on any atom is 0.325 e. The highest BCUT2D eigenvalue weighted by atomic mass is 32.2. The van der Waals surface area contributed by atoms with Crippen LogP contribution in [0.15, 0.2) is 65.6 Å². The fraction of sp³-hybridized carbons (Fsp3) is 0.174. The zero-order valence-corrected chi connectivity index (χ0v) is 17.2. The Labute approximate surface area is 181 Å². The molecule has 3 aromatic rings. The summed E-state index contributed by atoms with van der Waals surface area (Å²) in [6.07, 6.45) is 0.335. The molecule has 0 aliphatic carbocycles. The highest BCUT2D eigenvalue weighted by Gasteiger charge is 2.54. The first-order chi connectivity index (χ1) is 15.0. The number of hydrogen-bond acceptors (Lipinski definition) is 4. The van der Waals surface area contributed by atoms with Gasteiger partial charge in [0.05, 0.1) is 0 Å². The largest absolute Gasteiger partial charge is 0.325 e. The highest BCUT2D eigenvalue weighted by molar-refractivity contribution is 7.99. The second-order valence-corrected chi connectivity index (χ2v) is 8.71. The first kappa shape index (κ1) is 19.6. The van der Waals surface area contributed by atoms with Gasteiger partial charge in [-0.3, -0.25) is 14.5 Å². The average molecular weight is 435 g/mol. The van der Waals surface area contributed by atoms with Crippen LogP contribution >= 0.6 is 11.8 Å². The zero-order valence-electron chi connectivity index (χ0n) is 16.4. The third-order valence-corrected chi connectivity index (χ3v) is 6.72. The molecule has 4 amide bonds. The first-order valence-corrected chi connectivity index (χ1v) is 10.8. The SMILES string of the molecule is O=C(CN1C(=O)N[C@@]2(CCSc3ccc(F)cc32)C1=O)Nc1ccc2ccccc2c1. The van der Waals surface area contributed by atoms with Gasteiger partial charge in [-0.05, 0) is 47.5 Å². The molecule has 6 nitrogen and oxygen atoms in total. The van der Waals surface area contributed by atoms with Crippen LogP contribution in [-0.4, -0.2) is 35.0 Å². The van der Waals surface area contributed by atoms with Gasteiger partial charge in [0, 0.05) is 21.9 Å². The molecule has 0 aromatic heterocycles. The van der Waals surface area contributed by atoms with E-state index in [1.807, 2.05) is 36.4 Å². The molecule has 1 spiro atoms. The van der Waals surface area contributed by atoms with Gasteiger partial charge in [-0.15, -0.1) is 11.8 Å². The third kappa shape index (κ3) is 3.33. The van der Waals surface area contributed by atoms with Crippen molar-refractivity contribution in [1.82, 2.24) is 10.2 Å². The molecule has 5 rings (SSSR count). The van der Waals surface area contributed by atoms with Crippen LogP contribution < -0.4 is 10.6 Å². The second-order valence-electron chi connectivity index (χ2n) is 7.58. The van der Waals surface area contributed by atoms with E-state index in [0.29, 0.717) is 23.4 Å². The number of carbonyl (C=O) groups is 3. The maximum atomic E-state index is 13.9. The number of rotatable bonds is 3. The van der Waals surface area contributed by atoms with Crippen LogP contribution in [0, 0.1) is 5.82 Å². The lowest BCUT2D eigenvalue weighted by Gasteiger charge is -2.32. The maximum absolute atomic E-state index is 13.9. The molecule has 156 valence electrons. The molecule has 2 N–H and O–H groups in total. The molecule has 2 heterocycles. The molecule has 8 heteroatoms. The molecule has 1 fully saturated rings. The predicted octanol–water partition coefficient (Wildman–Crippen LogP) is 3.86. The van der Waals surface area contributed by atoms with Crippen molar-refractivity contribution in [2.45, 2.75) is 16.9 Å². The monoisotopic (exact) mass is 435 g/mol. The summed E-state index contributed by atoms with van der Waals surface area (Å²) in [6.45, 7) is -0.420. The molecule has 3 aromatic carbocycles. The lowest BCUT2D eigenvalue weighted by atomic mass is 9.86. The summed E-state index contributed by atoms with van der Waals surface area (Å²) in [5.74, 6) is -0.893. The molecular weight excluding hydrogens is 417 g/mol. The highest BCUT2D eigenvalue weighted by Crippen LogP contribution is 2.43. The number of hydrogen-bond donors (Lipinski definition) is 2. The minimum Gasteiger partial charge on any atom is -0.325 e. The number of urea groups is 1. The van der Waals surface area contributed by atoms with E-state index in [2.05, 4.69) is 10.6 Å². The minimum absolute atomic E-state index is 0.335. The molecule has 0 radical (unpaired) electrons. The number of nitrogens with one attached hydrogen (secondary N) is 2. The molecule has 1 atom stereocenters. The Bertz CT molecular complexity index is 1250. The van der Waals surface area contributed by atoms with E-state index in [9.17, 15) is 18.8 Å². The van der Waals surface area contributed by atoms with Crippen LogP contribution in [0.1, 0.15) is 12.0 Å². The van der Waals surface area contributed by atoms with Crippen LogP contribution in [0.25, 0.3) is 10.8 Å². The first-order valence-electron chi connectivity index (χ1n) is 9.82. The Morgan fingerprint density at radius 1 is 1.10 bits per heavy atom. The molecule has 0 bridgehead atoms. The van der Waals surface area contributed by atoms with E-state index in [1.54, 1.807) is 12.1 Å². The van der Waals surface area contributed by atoms with Gasteiger partial charge in [-0.1, -0.05) is 30.3 Å². The number of benzene rings is 3. The number of anilines is 1.